The summed E-state index contributed by atoms with van der Waals surface area (Å²) in [7, 11) is 0. The first kappa shape index (κ1) is 16.1. The molecule has 2 aliphatic rings. The lowest BCUT2D eigenvalue weighted by atomic mass is 10.0. The fraction of sp³-hybridized carbons (Fsp3) is 0.556. The summed E-state index contributed by atoms with van der Waals surface area (Å²) >= 11 is 1.65. The number of aromatic nitrogens is 2. The number of hydrogen-bond donors (Lipinski definition) is 0. The summed E-state index contributed by atoms with van der Waals surface area (Å²) < 4.78 is 12.0. The van der Waals surface area contributed by atoms with Crippen LogP contribution in [0.1, 0.15) is 23.4 Å². The molecule has 3 heterocycles. The van der Waals surface area contributed by atoms with Crippen LogP contribution in [0.25, 0.3) is 0 Å². The minimum absolute atomic E-state index is 0.303. The maximum atomic E-state index is 6.12. The predicted octanol–water partition coefficient (Wildman–Crippen LogP) is 2.73. The zero-order valence-corrected chi connectivity index (χ0v) is 14.5. The number of pyridine rings is 1. The van der Waals surface area contributed by atoms with E-state index >= 15 is 0 Å². The summed E-state index contributed by atoms with van der Waals surface area (Å²) in [5, 5.41) is 3.04. The quantitative estimate of drug-likeness (QED) is 0.806. The van der Waals surface area contributed by atoms with Gasteiger partial charge in [-0.2, -0.15) is 0 Å². The van der Waals surface area contributed by atoms with Gasteiger partial charge in [-0.15, -0.1) is 11.3 Å². The second kappa shape index (κ2) is 7.70. The number of morpholine rings is 1. The van der Waals surface area contributed by atoms with Gasteiger partial charge in [0.1, 0.15) is 5.01 Å². The van der Waals surface area contributed by atoms with Crippen LogP contribution in [0.2, 0.25) is 0 Å². The normalized spacial score (nSPS) is 27.2. The van der Waals surface area contributed by atoms with Crippen LogP contribution in [-0.4, -0.2) is 46.8 Å². The number of ether oxygens (including phenoxy) is 2. The highest BCUT2D eigenvalue weighted by molar-refractivity contribution is 7.09. The van der Waals surface area contributed by atoms with Crippen molar-refractivity contribution in [2.75, 3.05) is 19.8 Å². The third kappa shape index (κ3) is 3.67. The molecule has 2 aromatic heterocycles. The molecule has 0 bridgehead atoms. The predicted molar refractivity (Wildman–Crippen MR) is 92.7 cm³/mol. The summed E-state index contributed by atoms with van der Waals surface area (Å²) in [4.78, 5) is 11.0. The number of rotatable bonds is 6. The summed E-state index contributed by atoms with van der Waals surface area (Å²) in [5.41, 5.74) is 1.33. The van der Waals surface area contributed by atoms with Gasteiger partial charge < -0.3 is 9.47 Å². The van der Waals surface area contributed by atoms with Gasteiger partial charge in [-0.3, -0.25) is 9.88 Å². The third-order valence-electron chi connectivity index (χ3n) is 5.01. The molecule has 3 atom stereocenters. The molecular weight excluding hydrogens is 322 g/mol. The minimum Gasteiger partial charge on any atom is -0.375 e. The highest BCUT2D eigenvalue weighted by Gasteiger charge is 2.42. The van der Waals surface area contributed by atoms with E-state index in [4.69, 9.17) is 9.47 Å². The van der Waals surface area contributed by atoms with Gasteiger partial charge in [0.2, 0.25) is 0 Å². The molecule has 4 rings (SSSR count). The molecule has 5 nitrogen and oxygen atoms in total. The SMILES string of the molecule is c1cc(CN2CCOC3C(COCc4nccs4)CCC32)ccn1. The molecule has 2 aromatic rings. The van der Waals surface area contributed by atoms with Crippen LogP contribution < -0.4 is 0 Å². The standard InChI is InChI=1S/C18H23N3O2S/c1-2-16-18(15(1)12-22-13-17-20-7-10-24-17)23-9-8-21(16)11-14-3-5-19-6-4-14/h3-7,10,15-16,18H,1-2,8-9,11-13H2. The topological polar surface area (TPSA) is 47.5 Å². The minimum atomic E-state index is 0.303. The van der Waals surface area contributed by atoms with E-state index in [1.807, 2.05) is 24.0 Å². The van der Waals surface area contributed by atoms with E-state index in [9.17, 15) is 0 Å². The number of fused-ring (bicyclic) bond motifs is 1. The first-order chi connectivity index (χ1) is 11.9. The van der Waals surface area contributed by atoms with Crippen molar-refractivity contribution in [1.82, 2.24) is 14.9 Å². The van der Waals surface area contributed by atoms with E-state index < -0.39 is 0 Å². The molecule has 0 aromatic carbocycles. The Morgan fingerprint density at radius 3 is 3.00 bits per heavy atom. The maximum absolute atomic E-state index is 6.12. The summed E-state index contributed by atoms with van der Waals surface area (Å²) in [6.45, 7) is 4.20. The molecule has 0 spiro atoms. The van der Waals surface area contributed by atoms with E-state index in [2.05, 4.69) is 27.0 Å². The van der Waals surface area contributed by atoms with Gasteiger partial charge >= 0.3 is 0 Å². The Morgan fingerprint density at radius 1 is 1.25 bits per heavy atom. The Hall–Kier alpha value is -1.34. The maximum Gasteiger partial charge on any atom is 0.118 e. The van der Waals surface area contributed by atoms with Gasteiger partial charge in [0.05, 0.1) is 25.9 Å². The fourth-order valence-corrected chi connectivity index (χ4v) is 4.41. The molecule has 24 heavy (non-hydrogen) atoms. The lowest BCUT2D eigenvalue weighted by Gasteiger charge is -2.39. The fourth-order valence-electron chi connectivity index (χ4n) is 3.86. The van der Waals surface area contributed by atoms with Crippen LogP contribution in [0.4, 0.5) is 0 Å². The Labute approximate surface area is 146 Å². The zero-order chi connectivity index (χ0) is 16.2. The molecule has 0 N–H and O–H groups in total. The molecule has 1 aliphatic carbocycles. The van der Waals surface area contributed by atoms with Gasteiger partial charge in [0.25, 0.3) is 0 Å². The number of hydrogen-bond acceptors (Lipinski definition) is 6. The van der Waals surface area contributed by atoms with Crippen molar-refractivity contribution < 1.29 is 9.47 Å². The highest BCUT2D eigenvalue weighted by atomic mass is 32.1. The van der Waals surface area contributed by atoms with Crippen LogP contribution in [0.3, 0.4) is 0 Å². The molecule has 1 aliphatic heterocycles. The van der Waals surface area contributed by atoms with Crippen molar-refractivity contribution in [3.05, 3.63) is 46.7 Å². The Morgan fingerprint density at radius 2 is 2.17 bits per heavy atom. The molecule has 0 radical (unpaired) electrons. The van der Waals surface area contributed by atoms with Gasteiger partial charge in [-0.25, -0.2) is 4.98 Å². The number of nitrogens with zero attached hydrogens (tertiary/aromatic N) is 3. The molecular formula is C18H23N3O2S. The first-order valence-electron chi connectivity index (χ1n) is 8.61. The summed E-state index contributed by atoms with van der Waals surface area (Å²) in [6, 6.07) is 4.72. The van der Waals surface area contributed by atoms with E-state index in [1.165, 1.54) is 18.4 Å². The van der Waals surface area contributed by atoms with Crippen LogP contribution in [0, 0.1) is 5.92 Å². The van der Waals surface area contributed by atoms with Crippen molar-refractivity contribution in [3.8, 4) is 0 Å². The summed E-state index contributed by atoms with van der Waals surface area (Å²) in [5.74, 6) is 0.496. The molecule has 3 unspecified atom stereocenters. The molecule has 0 amide bonds. The third-order valence-corrected chi connectivity index (χ3v) is 5.76. The van der Waals surface area contributed by atoms with Crippen LogP contribution in [-0.2, 0) is 22.6 Å². The van der Waals surface area contributed by atoms with Crippen LogP contribution in [0.15, 0.2) is 36.1 Å². The van der Waals surface area contributed by atoms with Crippen molar-refractivity contribution in [2.45, 2.75) is 38.1 Å². The average Bonchev–Trinajstić information content (AvgIpc) is 3.27. The summed E-state index contributed by atoms with van der Waals surface area (Å²) in [6.07, 6.45) is 8.25. The number of thiazole rings is 1. The van der Waals surface area contributed by atoms with Crippen molar-refractivity contribution in [1.29, 1.82) is 0 Å². The van der Waals surface area contributed by atoms with Gasteiger partial charge in [-0.1, -0.05) is 0 Å². The Bertz CT molecular complexity index is 622. The lowest BCUT2D eigenvalue weighted by molar-refractivity contribution is -0.0891. The average molecular weight is 345 g/mol. The smallest absolute Gasteiger partial charge is 0.118 e. The lowest BCUT2D eigenvalue weighted by Crippen LogP contribution is -2.50. The zero-order valence-electron chi connectivity index (χ0n) is 13.7. The van der Waals surface area contributed by atoms with Gasteiger partial charge in [0, 0.05) is 49.0 Å². The Balaban J connectivity index is 1.32. The van der Waals surface area contributed by atoms with Crippen molar-refractivity contribution >= 4 is 11.3 Å². The second-order valence-corrected chi connectivity index (χ2v) is 7.49. The van der Waals surface area contributed by atoms with E-state index in [-0.39, 0.29) is 0 Å². The molecule has 2 fully saturated rings. The van der Waals surface area contributed by atoms with Gasteiger partial charge in [0.15, 0.2) is 0 Å². The van der Waals surface area contributed by atoms with Crippen LogP contribution in [0.5, 0.6) is 0 Å². The van der Waals surface area contributed by atoms with Crippen molar-refractivity contribution in [2.24, 2.45) is 5.92 Å². The van der Waals surface area contributed by atoms with Gasteiger partial charge in [-0.05, 0) is 30.5 Å². The van der Waals surface area contributed by atoms with Crippen LogP contribution >= 0.6 is 11.3 Å². The largest absolute Gasteiger partial charge is 0.375 e. The molecule has 6 heteroatoms. The van der Waals surface area contributed by atoms with Crippen molar-refractivity contribution in [3.63, 3.8) is 0 Å². The molecule has 1 saturated heterocycles. The Kier molecular flexibility index (Phi) is 5.18. The monoisotopic (exact) mass is 345 g/mol. The van der Waals surface area contributed by atoms with E-state index in [0.29, 0.717) is 24.7 Å². The second-order valence-electron chi connectivity index (χ2n) is 6.51. The molecule has 1 saturated carbocycles. The molecule has 128 valence electrons. The first-order valence-corrected chi connectivity index (χ1v) is 9.49. The highest BCUT2D eigenvalue weighted by Crippen LogP contribution is 2.35. The van der Waals surface area contributed by atoms with E-state index in [1.54, 1.807) is 11.3 Å². The van der Waals surface area contributed by atoms with E-state index in [0.717, 1.165) is 31.3 Å².